The predicted molar refractivity (Wildman–Crippen MR) is 79.0 cm³/mol. The highest BCUT2D eigenvalue weighted by atomic mass is 16.5. The van der Waals surface area contributed by atoms with Gasteiger partial charge in [-0.2, -0.15) is 0 Å². The molecule has 0 radical (unpaired) electrons. The molecule has 1 amide bonds. The summed E-state index contributed by atoms with van der Waals surface area (Å²) in [5.74, 6) is 2.20. The van der Waals surface area contributed by atoms with Crippen molar-refractivity contribution in [2.75, 3.05) is 14.2 Å². The Morgan fingerprint density at radius 2 is 2.10 bits per heavy atom. The van der Waals surface area contributed by atoms with Crippen LogP contribution in [0, 0.1) is 5.92 Å². The lowest BCUT2D eigenvalue weighted by molar-refractivity contribution is -0.122. The van der Waals surface area contributed by atoms with Crippen LogP contribution in [0.2, 0.25) is 0 Å². The Labute approximate surface area is 123 Å². The summed E-state index contributed by atoms with van der Waals surface area (Å²) in [6.07, 6.45) is 0. The van der Waals surface area contributed by atoms with Gasteiger partial charge in [0.05, 0.1) is 14.2 Å². The zero-order valence-corrected chi connectivity index (χ0v) is 12.6. The van der Waals surface area contributed by atoms with Gasteiger partial charge in [-0.15, -0.1) is 0 Å². The van der Waals surface area contributed by atoms with Crippen molar-refractivity contribution in [3.63, 3.8) is 0 Å². The molecule has 0 spiro atoms. The fourth-order valence-corrected chi connectivity index (χ4v) is 2.91. The zero-order chi connectivity index (χ0) is 15.1. The van der Waals surface area contributed by atoms with Gasteiger partial charge in [-0.05, 0) is 12.0 Å². The van der Waals surface area contributed by atoms with Gasteiger partial charge in [0.1, 0.15) is 23.2 Å². The van der Waals surface area contributed by atoms with Gasteiger partial charge in [0.15, 0.2) is 0 Å². The molecule has 6 nitrogen and oxygen atoms in total. The van der Waals surface area contributed by atoms with E-state index >= 15 is 0 Å². The first kappa shape index (κ1) is 13.7. The van der Waals surface area contributed by atoms with Crippen LogP contribution < -0.4 is 14.8 Å². The maximum Gasteiger partial charge on any atom is 0.249 e. The topological polar surface area (TPSA) is 63.2 Å². The van der Waals surface area contributed by atoms with Gasteiger partial charge in [-0.1, -0.05) is 13.8 Å². The highest BCUT2D eigenvalue weighted by molar-refractivity contribution is 6.08. The van der Waals surface area contributed by atoms with E-state index in [9.17, 15) is 4.79 Å². The average molecular weight is 289 g/mol. The zero-order valence-electron chi connectivity index (χ0n) is 12.6. The number of ether oxygens (including phenoxy) is 2. The molecule has 3 rings (SSSR count). The molecular formula is C15H19N3O3. The lowest BCUT2D eigenvalue weighted by Gasteiger charge is -2.30. The summed E-state index contributed by atoms with van der Waals surface area (Å²) < 4.78 is 10.7. The molecule has 0 saturated carbocycles. The number of aliphatic imine (C=N–C) groups is 1. The first-order valence-electron chi connectivity index (χ1n) is 6.96. The van der Waals surface area contributed by atoms with Crippen LogP contribution in [0.4, 0.5) is 5.69 Å². The molecule has 21 heavy (non-hydrogen) atoms. The molecule has 0 aromatic heterocycles. The van der Waals surface area contributed by atoms with Gasteiger partial charge >= 0.3 is 0 Å². The molecule has 112 valence electrons. The molecule has 0 unspecified atom stereocenters. The van der Waals surface area contributed by atoms with Gasteiger partial charge in [0, 0.05) is 18.2 Å². The van der Waals surface area contributed by atoms with Crippen molar-refractivity contribution < 1.29 is 14.3 Å². The Kier molecular flexibility index (Phi) is 3.23. The van der Waals surface area contributed by atoms with Gasteiger partial charge < -0.3 is 14.4 Å². The van der Waals surface area contributed by atoms with E-state index < -0.39 is 0 Å². The van der Waals surface area contributed by atoms with E-state index in [2.05, 4.69) is 10.3 Å². The van der Waals surface area contributed by atoms with E-state index in [0.717, 1.165) is 17.0 Å². The smallest absolute Gasteiger partial charge is 0.249 e. The molecule has 1 atom stereocenters. The molecule has 6 heteroatoms. The first-order chi connectivity index (χ1) is 10.0. The third-order valence-corrected chi connectivity index (χ3v) is 3.88. The van der Waals surface area contributed by atoms with E-state index in [1.807, 2.05) is 24.8 Å². The minimum Gasteiger partial charge on any atom is -0.497 e. The van der Waals surface area contributed by atoms with E-state index in [1.54, 1.807) is 20.3 Å². The number of nitrogens with one attached hydrogen (secondary N) is 1. The van der Waals surface area contributed by atoms with E-state index in [-0.39, 0.29) is 17.9 Å². The normalized spacial score (nSPS) is 19.9. The Morgan fingerprint density at radius 3 is 2.71 bits per heavy atom. The first-order valence-corrected chi connectivity index (χ1v) is 6.96. The fourth-order valence-electron chi connectivity index (χ4n) is 2.91. The van der Waals surface area contributed by atoms with Gasteiger partial charge in [0.25, 0.3) is 0 Å². The Bertz CT molecular complexity index is 625. The van der Waals surface area contributed by atoms with Crippen LogP contribution in [0.15, 0.2) is 17.1 Å². The second kappa shape index (κ2) is 4.95. The number of guanidine groups is 1. The van der Waals surface area contributed by atoms with Crippen LogP contribution in [-0.2, 0) is 11.3 Å². The molecule has 1 fully saturated rings. The van der Waals surface area contributed by atoms with Crippen LogP contribution >= 0.6 is 0 Å². The van der Waals surface area contributed by atoms with Crippen molar-refractivity contribution in [1.82, 2.24) is 10.2 Å². The van der Waals surface area contributed by atoms with E-state index in [1.165, 1.54) is 0 Å². The summed E-state index contributed by atoms with van der Waals surface area (Å²) in [6, 6.07) is 3.56. The van der Waals surface area contributed by atoms with Crippen LogP contribution in [-0.4, -0.2) is 37.0 Å². The average Bonchev–Trinajstić information content (AvgIpc) is 2.78. The number of hydrogen-bond acceptors (Lipinski definition) is 5. The lowest BCUT2D eigenvalue weighted by Crippen LogP contribution is -2.40. The number of benzene rings is 1. The standard InChI is InChI=1S/C15H19N3O3/c1-8(2)13-14(19)17-15-16-12-9(7-18(13)15)5-10(20-3)6-11(12)21-4/h5-6,8,13H,7H2,1-4H3,(H,16,17,19)/t13-/m0/s1. The summed E-state index contributed by atoms with van der Waals surface area (Å²) in [5, 5.41) is 2.86. The highest BCUT2D eigenvalue weighted by Crippen LogP contribution is 2.40. The molecule has 0 aliphatic carbocycles. The maximum atomic E-state index is 12.1. The SMILES string of the molecule is COc1cc2c(c(OC)c1)N=C1NC(=O)[C@H](C(C)C)N1C2. The number of carbonyl (C=O) groups excluding carboxylic acids is 1. The number of methoxy groups -OCH3 is 2. The Balaban J connectivity index is 2.07. The van der Waals surface area contributed by atoms with Crippen LogP contribution in [0.3, 0.4) is 0 Å². The quantitative estimate of drug-likeness (QED) is 0.919. The molecule has 1 aromatic carbocycles. The highest BCUT2D eigenvalue weighted by Gasteiger charge is 2.41. The molecule has 1 N–H and O–H groups in total. The summed E-state index contributed by atoms with van der Waals surface area (Å²) in [4.78, 5) is 18.7. The van der Waals surface area contributed by atoms with Gasteiger partial charge in [-0.25, -0.2) is 4.99 Å². The van der Waals surface area contributed by atoms with Gasteiger partial charge in [0.2, 0.25) is 11.9 Å². The number of rotatable bonds is 3. The number of fused-ring (bicyclic) bond motifs is 2. The molecule has 1 aromatic rings. The number of hydrogen-bond donors (Lipinski definition) is 1. The van der Waals surface area contributed by atoms with Crippen LogP contribution in [0.5, 0.6) is 11.5 Å². The third kappa shape index (κ3) is 2.11. The third-order valence-electron chi connectivity index (χ3n) is 3.88. The number of amides is 1. The monoisotopic (exact) mass is 289 g/mol. The summed E-state index contributed by atoms with van der Waals surface area (Å²) in [6.45, 7) is 4.69. The molecule has 2 heterocycles. The molecule has 2 aliphatic rings. The second-order valence-corrected chi connectivity index (χ2v) is 5.58. The maximum absolute atomic E-state index is 12.1. The van der Waals surface area contributed by atoms with Gasteiger partial charge in [-0.3, -0.25) is 10.1 Å². The van der Waals surface area contributed by atoms with Crippen molar-refractivity contribution in [2.24, 2.45) is 10.9 Å². The van der Waals surface area contributed by atoms with Crippen LogP contribution in [0.25, 0.3) is 0 Å². The lowest BCUT2D eigenvalue weighted by atomic mass is 10.0. The summed E-state index contributed by atoms with van der Waals surface area (Å²) >= 11 is 0. The summed E-state index contributed by atoms with van der Waals surface area (Å²) in [7, 11) is 3.22. The predicted octanol–water partition coefficient (Wildman–Crippen LogP) is 1.66. The Hall–Kier alpha value is -2.24. The fraction of sp³-hybridized carbons (Fsp3) is 0.467. The largest absolute Gasteiger partial charge is 0.497 e. The van der Waals surface area contributed by atoms with E-state index in [4.69, 9.17) is 9.47 Å². The molecule has 0 bridgehead atoms. The minimum atomic E-state index is -0.186. The number of nitrogens with zero attached hydrogens (tertiary/aromatic N) is 2. The Morgan fingerprint density at radius 1 is 1.33 bits per heavy atom. The minimum absolute atomic E-state index is 0.00230. The van der Waals surface area contributed by atoms with E-state index in [0.29, 0.717) is 18.3 Å². The van der Waals surface area contributed by atoms with Crippen molar-refractivity contribution in [2.45, 2.75) is 26.4 Å². The van der Waals surface area contributed by atoms with Crippen molar-refractivity contribution in [1.29, 1.82) is 0 Å². The second-order valence-electron chi connectivity index (χ2n) is 5.58. The van der Waals surface area contributed by atoms with Crippen molar-refractivity contribution >= 4 is 17.6 Å². The molecule has 2 aliphatic heterocycles. The van der Waals surface area contributed by atoms with Crippen LogP contribution in [0.1, 0.15) is 19.4 Å². The van der Waals surface area contributed by atoms with Crippen molar-refractivity contribution in [3.05, 3.63) is 17.7 Å². The summed E-state index contributed by atoms with van der Waals surface area (Å²) in [5.41, 5.74) is 1.76. The molecular weight excluding hydrogens is 270 g/mol. The number of carbonyl (C=O) groups is 1. The molecule has 1 saturated heterocycles. The van der Waals surface area contributed by atoms with Crippen molar-refractivity contribution in [3.8, 4) is 11.5 Å².